The van der Waals surface area contributed by atoms with Gasteiger partial charge < -0.3 is 10.3 Å². The summed E-state index contributed by atoms with van der Waals surface area (Å²) in [5, 5.41) is 5.50. The number of nitrogens with zero attached hydrogens (tertiary/aromatic N) is 1. The highest BCUT2D eigenvalue weighted by atomic mass is 32.2. The van der Waals surface area contributed by atoms with Gasteiger partial charge in [0.15, 0.2) is 5.16 Å². The Morgan fingerprint density at radius 3 is 2.67 bits per heavy atom. The lowest BCUT2D eigenvalue weighted by Gasteiger charge is -2.27. The Labute approximate surface area is 111 Å². The van der Waals surface area contributed by atoms with Gasteiger partial charge in [-0.2, -0.15) is 0 Å². The molecule has 3 nitrogen and oxygen atoms in total. The first-order chi connectivity index (χ1) is 8.87. The fourth-order valence-electron chi connectivity index (χ4n) is 3.24. The lowest BCUT2D eigenvalue weighted by atomic mass is 10.1. The lowest BCUT2D eigenvalue weighted by molar-refractivity contribution is 0.414. The summed E-state index contributed by atoms with van der Waals surface area (Å²) in [6.45, 7) is 0. The molecule has 2 aromatic rings. The fraction of sp³-hybridized carbons (Fsp3) is 0.500. The van der Waals surface area contributed by atoms with Gasteiger partial charge in [0.05, 0.1) is 11.0 Å². The molecule has 4 rings (SSSR count). The van der Waals surface area contributed by atoms with Crippen LogP contribution in [0.5, 0.6) is 0 Å². The molecule has 0 saturated carbocycles. The van der Waals surface area contributed by atoms with E-state index in [0.29, 0.717) is 0 Å². The highest BCUT2D eigenvalue weighted by molar-refractivity contribution is 7.99. The maximum atomic E-state index is 4.66. The second kappa shape index (κ2) is 4.28. The van der Waals surface area contributed by atoms with Crippen LogP contribution in [0.3, 0.4) is 0 Å². The number of benzene rings is 1. The van der Waals surface area contributed by atoms with E-state index in [1.165, 1.54) is 25.7 Å². The summed E-state index contributed by atoms with van der Waals surface area (Å²) in [5.74, 6) is 0. The number of hydrogen-bond acceptors (Lipinski definition) is 3. The van der Waals surface area contributed by atoms with Crippen molar-refractivity contribution in [3.63, 3.8) is 0 Å². The molecular weight excluding hydrogens is 242 g/mol. The first-order valence-corrected chi connectivity index (χ1v) is 7.62. The van der Waals surface area contributed by atoms with E-state index in [1.807, 2.05) is 17.8 Å². The van der Waals surface area contributed by atoms with Crippen LogP contribution >= 0.6 is 11.8 Å². The summed E-state index contributed by atoms with van der Waals surface area (Å²) in [7, 11) is 0. The molecule has 1 aromatic heterocycles. The number of fused-ring (bicyclic) bond motifs is 3. The number of imidazole rings is 1. The summed E-state index contributed by atoms with van der Waals surface area (Å²) in [6, 6.07) is 9.78. The molecule has 4 heteroatoms. The van der Waals surface area contributed by atoms with Gasteiger partial charge >= 0.3 is 0 Å². The maximum absolute atomic E-state index is 4.66. The highest BCUT2D eigenvalue weighted by Crippen LogP contribution is 2.36. The zero-order chi connectivity index (χ0) is 11.9. The zero-order valence-corrected chi connectivity index (χ0v) is 11.0. The standard InChI is InChI=1S/C14H17N3S/c1-2-4-13-12(3-1)16-14(17-13)18-11-7-9-5-6-10(8-11)15-9/h1-4,9-11,15H,5-8H2,(H,16,17). The van der Waals surface area contributed by atoms with E-state index in [9.17, 15) is 0 Å². The van der Waals surface area contributed by atoms with Crippen molar-refractivity contribution in [3.05, 3.63) is 24.3 Å². The molecule has 2 unspecified atom stereocenters. The molecule has 0 aliphatic carbocycles. The van der Waals surface area contributed by atoms with Crippen molar-refractivity contribution in [1.82, 2.24) is 15.3 Å². The Morgan fingerprint density at radius 2 is 1.89 bits per heavy atom. The molecule has 1 aromatic carbocycles. The Hall–Kier alpha value is -1.00. The maximum Gasteiger partial charge on any atom is 0.166 e. The van der Waals surface area contributed by atoms with Crippen molar-refractivity contribution in [2.45, 2.75) is 48.2 Å². The van der Waals surface area contributed by atoms with Crippen LogP contribution in [0.4, 0.5) is 0 Å². The van der Waals surface area contributed by atoms with E-state index in [0.717, 1.165) is 33.5 Å². The largest absolute Gasteiger partial charge is 0.333 e. The minimum atomic E-state index is 0.726. The molecule has 2 saturated heterocycles. The molecule has 0 amide bonds. The van der Waals surface area contributed by atoms with Gasteiger partial charge in [-0.3, -0.25) is 0 Å². The second-order valence-corrected chi connectivity index (χ2v) is 6.70. The normalized spacial score (nSPS) is 31.0. The summed E-state index contributed by atoms with van der Waals surface area (Å²) in [4.78, 5) is 8.09. The van der Waals surface area contributed by atoms with Gasteiger partial charge in [-0.15, -0.1) is 0 Å². The van der Waals surface area contributed by atoms with Crippen LogP contribution in [0.15, 0.2) is 29.4 Å². The van der Waals surface area contributed by atoms with Crippen molar-refractivity contribution < 1.29 is 0 Å². The van der Waals surface area contributed by atoms with Crippen molar-refractivity contribution in [2.75, 3.05) is 0 Å². The van der Waals surface area contributed by atoms with E-state index in [4.69, 9.17) is 0 Å². The average Bonchev–Trinajstić information content (AvgIpc) is 2.92. The Bertz CT molecular complexity index is 520. The van der Waals surface area contributed by atoms with Gasteiger partial charge in [0.25, 0.3) is 0 Å². The van der Waals surface area contributed by atoms with Gasteiger partial charge in [-0.1, -0.05) is 23.9 Å². The van der Waals surface area contributed by atoms with Gasteiger partial charge in [-0.05, 0) is 37.8 Å². The Morgan fingerprint density at radius 1 is 1.11 bits per heavy atom. The molecule has 0 radical (unpaired) electrons. The number of piperidine rings is 1. The number of aromatic amines is 1. The average molecular weight is 259 g/mol. The summed E-state index contributed by atoms with van der Waals surface area (Å²) < 4.78 is 0. The lowest BCUT2D eigenvalue weighted by Crippen LogP contribution is -2.39. The van der Waals surface area contributed by atoms with Gasteiger partial charge in [0, 0.05) is 17.3 Å². The van der Waals surface area contributed by atoms with Crippen LogP contribution in [0.25, 0.3) is 11.0 Å². The molecule has 2 aliphatic rings. The molecule has 3 heterocycles. The van der Waals surface area contributed by atoms with Crippen LogP contribution in [-0.2, 0) is 0 Å². The first-order valence-electron chi connectivity index (χ1n) is 6.74. The minimum Gasteiger partial charge on any atom is -0.333 e. The first kappa shape index (κ1) is 10.9. The number of rotatable bonds is 2. The third-order valence-corrected chi connectivity index (χ3v) is 5.21. The number of para-hydroxylation sites is 2. The topological polar surface area (TPSA) is 40.7 Å². The fourth-order valence-corrected chi connectivity index (χ4v) is 4.54. The van der Waals surface area contributed by atoms with Gasteiger partial charge in [0.2, 0.25) is 0 Å². The zero-order valence-electron chi connectivity index (χ0n) is 10.2. The predicted octanol–water partition coefficient (Wildman–Crippen LogP) is 2.94. The molecular formula is C14H17N3S. The molecule has 2 bridgehead atoms. The van der Waals surface area contributed by atoms with Crippen molar-refractivity contribution in [1.29, 1.82) is 0 Å². The van der Waals surface area contributed by atoms with Crippen LogP contribution in [0, 0.1) is 0 Å². The van der Waals surface area contributed by atoms with E-state index in [2.05, 4.69) is 33.5 Å². The van der Waals surface area contributed by atoms with Crippen LogP contribution in [0.2, 0.25) is 0 Å². The summed E-state index contributed by atoms with van der Waals surface area (Å²) in [6.07, 6.45) is 5.31. The number of aromatic nitrogens is 2. The van der Waals surface area contributed by atoms with Crippen LogP contribution in [0.1, 0.15) is 25.7 Å². The van der Waals surface area contributed by atoms with Gasteiger partial charge in [0.1, 0.15) is 0 Å². The smallest absolute Gasteiger partial charge is 0.166 e. The van der Waals surface area contributed by atoms with Crippen molar-refractivity contribution in [3.8, 4) is 0 Å². The van der Waals surface area contributed by atoms with E-state index in [1.54, 1.807) is 0 Å². The third-order valence-electron chi connectivity index (χ3n) is 4.08. The van der Waals surface area contributed by atoms with Crippen LogP contribution < -0.4 is 5.32 Å². The quantitative estimate of drug-likeness (QED) is 0.871. The molecule has 94 valence electrons. The van der Waals surface area contributed by atoms with E-state index < -0.39 is 0 Å². The van der Waals surface area contributed by atoms with E-state index >= 15 is 0 Å². The van der Waals surface area contributed by atoms with Crippen molar-refractivity contribution >= 4 is 22.8 Å². The van der Waals surface area contributed by atoms with Gasteiger partial charge in [-0.25, -0.2) is 4.98 Å². The highest BCUT2D eigenvalue weighted by Gasteiger charge is 2.34. The number of hydrogen-bond donors (Lipinski definition) is 2. The monoisotopic (exact) mass is 259 g/mol. The molecule has 0 spiro atoms. The molecule has 2 N–H and O–H groups in total. The summed E-state index contributed by atoms with van der Waals surface area (Å²) in [5.41, 5.74) is 2.23. The number of nitrogens with one attached hydrogen (secondary N) is 2. The summed E-state index contributed by atoms with van der Waals surface area (Å²) >= 11 is 1.93. The minimum absolute atomic E-state index is 0.726. The van der Waals surface area contributed by atoms with E-state index in [-0.39, 0.29) is 0 Å². The Kier molecular flexibility index (Phi) is 2.59. The molecule has 2 aliphatic heterocycles. The molecule has 2 fully saturated rings. The molecule has 18 heavy (non-hydrogen) atoms. The number of thioether (sulfide) groups is 1. The predicted molar refractivity (Wildman–Crippen MR) is 74.9 cm³/mol. The Balaban J connectivity index is 1.54. The molecule has 2 atom stereocenters. The van der Waals surface area contributed by atoms with Crippen molar-refractivity contribution in [2.24, 2.45) is 0 Å². The SMILES string of the molecule is c1ccc2[nH]c(SC3CC4CCC(C3)N4)nc2c1. The van der Waals surface area contributed by atoms with Crippen LogP contribution in [-0.4, -0.2) is 27.3 Å². The number of H-pyrrole nitrogens is 1. The third kappa shape index (κ3) is 1.93. The second-order valence-electron chi connectivity index (χ2n) is 5.41.